The number of benzene rings is 1. The van der Waals surface area contributed by atoms with Gasteiger partial charge in [0.15, 0.2) is 6.61 Å². The Kier molecular flexibility index (Phi) is 6.21. The maximum Gasteiger partial charge on any atom is 0.305 e. The number of rotatable bonds is 7. The summed E-state index contributed by atoms with van der Waals surface area (Å²) in [6.45, 7) is 7.54. The number of amides is 1. The Bertz CT molecular complexity index is 511. The molecule has 0 aliphatic carbocycles. The lowest BCUT2D eigenvalue weighted by molar-refractivity contribution is -0.138. The van der Waals surface area contributed by atoms with E-state index in [0.29, 0.717) is 5.75 Å². The van der Waals surface area contributed by atoms with Gasteiger partial charge in [-0.2, -0.15) is 0 Å². The average Bonchev–Trinajstić information content (AvgIpc) is 2.39. The van der Waals surface area contributed by atoms with Crippen LogP contribution in [0.5, 0.6) is 5.75 Å². The Hall–Kier alpha value is -2.04. The first-order valence-corrected chi connectivity index (χ1v) is 7.01. The lowest BCUT2D eigenvalue weighted by Crippen LogP contribution is -2.42. The predicted molar refractivity (Wildman–Crippen MR) is 80.4 cm³/mol. The van der Waals surface area contributed by atoms with Gasteiger partial charge in [-0.1, -0.05) is 26.0 Å². The number of hydrogen-bond donors (Lipinski definition) is 2. The molecule has 0 aromatic heterocycles. The van der Waals surface area contributed by atoms with E-state index >= 15 is 0 Å². The lowest BCUT2D eigenvalue weighted by atomic mass is 10.0. The molecule has 21 heavy (non-hydrogen) atoms. The number of carbonyl (C=O) groups excluding carboxylic acids is 1. The monoisotopic (exact) mass is 293 g/mol. The maximum atomic E-state index is 11.9. The molecule has 1 unspecified atom stereocenters. The molecule has 0 fully saturated rings. The van der Waals surface area contributed by atoms with Crippen molar-refractivity contribution in [3.63, 3.8) is 0 Å². The summed E-state index contributed by atoms with van der Waals surface area (Å²) in [5, 5.41) is 11.5. The van der Waals surface area contributed by atoms with E-state index in [-0.39, 0.29) is 24.9 Å². The van der Waals surface area contributed by atoms with Crippen LogP contribution in [0.15, 0.2) is 18.2 Å². The van der Waals surface area contributed by atoms with E-state index < -0.39 is 12.0 Å². The fourth-order valence-corrected chi connectivity index (χ4v) is 1.91. The van der Waals surface area contributed by atoms with Crippen LogP contribution in [0.2, 0.25) is 0 Å². The largest absolute Gasteiger partial charge is 0.483 e. The molecule has 0 saturated carbocycles. The Morgan fingerprint density at radius 2 is 1.95 bits per heavy atom. The summed E-state index contributed by atoms with van der Waals surface area (Å²) in [7, 11) is 0. The number of hydrogen-bond acceptors (Lipinski definition) is 3. The molecule has 1 aromatic carbocycles. The second kappa shape index (κ2) is 7.67. The zero-order chi connectivity index (χ0) is 16.0. The molecular formula is C16H23NO4. The van der Waals surface area contributed by atoms with Crippen molar-refractivity contribution in [3.05, 3.63) is 29.3 Å². The molecular weight excluding hydrogens is 270 g/mol. The molecule has 116 valence electrons. The summed E-state index contributed by atoms with van der Waals surface area (Å²) in [4.78, 5) is 22.7. The zero-order valence-corrected chi connectivity index (χ0v) is 13.0. The van der Waals surface area contributed by atoms with E-state index in [1.54, 1.807) is 0 Å². The molecule has 5 nitrogen and oxygen atoms in total. The first-order valence-electron chi connectivity index (χ1n) is 7.01. The normalized spacial score (nSPS) is 12.0. The topological polar surface area (TPSA) is 75.6 Å². The minimum atomic E-state index is -0.926. The van der Waals surface area contributed by atoms with Gasteiger partial charge in [0, 0.05) is 6.04 Å². The Morgan fingerprint density at radius 3 is 2.52 bits per heavy atom. The molecule has 0 saturated heterocycles. The molecule has 2 N–H and O–H groups in total. The van der Waals surface area contributed by atoms with Crippen LogP contribution in [0.1, 0.15) is 31.4 Å². The summed E-state index contributed by atoms with van der Waals surface area (Å²) in [5.41, 5.74) is 2.09. The fourth-order valence-electron chi connectivity index (χ4n) is 1.91. The summed E-state index contributed by atoms with van der Waals surface area (Å²) in [6, 6.07) is 5.27. The van der Waals surface area contributed by atoms with Crippen LogP contribution >= 0.6 is 0 Å². The first kappa shape index (κ1) is 17.0. The van der Waals surface area contributed by atoms with E-state index in [1.165, 1.54) is 0 Å². The first-order chi connectivity index (χ1) is 9.81. The predicted octanol–water partition coefficient (Wildman–Crippen LogP) is 2.30. The van der Waals surface area contributed by atoms with Crippen LogP contribution in [0.25, 0.3) is 0 Å². The second-order valence-electron chi connectivity index (χ2n) is 5.50. The van der Waals surface area contributed by atoms with Gasteiger partial charge in [-0.3, -0.25) is 9.59 Å². The van der Waals surface area contributed by atoms with Crippen LogP contribution < -0.4 is 10.1 Å². The molecule has 0 spiro atoms. The smallest absolute Gasteiger partial charge is 0.305 e. The van der Waals surface area contributed by atoms with Crippen LogP contribution in [0.3, 0.4) is 0 Å². The summed E-state index contributed by atoms with van der Waals surface area (Å²) in [5.74, 6) is -0.518. The highest BCUT2D eigenvalue weighted by Crippen LogP contribution is 2.20. The number of carboxylic acid groups (broad SMARTS) is 1. The van der Waals surface area contributed by atoms with Gasteiger partial charge in [-0.25, -0.2) is 0 Å². The number of nitrogens with one attached hydrogen (secondary N) is 1. The second-order valence-corrected chi connectivity index (χ2v) is 5.50. The van der Waals surface area contributed by atoms with Gasteiger partial charge in [-0.05, 0) is 37.0 Å². The Labute approximate surface area is 125 Å². The third-order valence-corrected chi connectivity index (χ3v) is 3.46. The van der Waals surface area contributed by atoms with Gasteiger partial charge in [0.2, 0.25) is 0 Å². The van der Waals surface area contributed by atoms with Crippen molar-refractivity contribution in [3.8, 4) is 5.75 Å². The Morgan fingerprint density at radius 1 is 1.29 bits per heavy atom. The summed E-state index contributed by atoms with van der Waals surface area (Å²) >= 11 is 0. The number of aryl methyl sites for hydroxylation is 1. The molecule has 0 bridgehead atoms. The van der Waals surface area contributed by atoms with Crippen molar-refractivity contribution >= 4 is 11.9 Å². The number of aliphatic carboxylic acids is 1. The van der Waals surface area contributed by atoms with Crippen LogP contribution in [0, 0.1) is 19.8 Å². The third kappa shape index (κ3) is 5.45. The van der Waals surface area contributed by atoms with Gasteiger partial charge in [-0.15, -0.1) is 0 Å². The molecule has 0 aliphatic heterocycles. The SMILES string of the molecule is Cc1cccc(OCC(=O)NC(CC(=O)O)C(C)C)c1C. The van der Waals surface area contributed by atoms with Crippen molar-refractivity contribution < 1.29 is 19.4 Å². The van der Waals surface area contributed by atoms with Crippen molar-refractivity contribution in [2.24, 2.45) is 5.92 Å². The molecule has 0 heterocycles. The van der Waals surface area contributed by atoms with Gasteiger partial charge < -0.3 is 15.2 Å². The number of ether oxygens (including phenoxy) is 1. The van der Waals surface area contributed by atoms with Crippen molar-refractivity contribution in [1.82, 2.24) is 5.32 Å². The minimum absolute atomic E-state index is 0.0470. The standard InChI is InChI=1S/C16H23NO4/c1-10(2)13(8-16(19)20)17-15(18)9-21-14-7-5-6-11(3)12(14)4/h5-7,10,13H,8-9H2,1-4H3,(H,17,18)(H,19,20). The van der Waals surface area contributed by atoms with Crippen LogP contribution in [-0.4, -0.2) is 29.6 Å². The van der Waals surface area contributed by atoms with E-state index in [4.69, 9.17) is 9.84 Å². The summed E-state index contributed by atoms with van der Waals surface area (Å²) in [6.07, 6.45) is -0.0904. The van der Waals surface area contributed by atoms with Crippen LogP contribution in [0.4, 0.5) is 0 Å². The van der Waals surface area contributed by atoms with Gasteiger partial charge in [0.05, 0.1) is 6.42 Å². The van der Waals surface area contributed by atoms with Gasteiger partial charge in [0.1, 0.15) is 5.75 Å². The third-order valence-electron chi connectivity index (χ3n) is 3.46. The van der Waals surface area contributed by atoms with Gasteiger partial charge >= 0.3 is 5.97 Å². The number of carboxylic acids is 1. The van der Waals surface area contributed by atoms with Crippen LogP contribution in [-0.2, 0) is 9.59 Å². The van der Waals surface area contributed by atoms with E-state index in [2.05, 4.69) is 5.32 Å². The molecule has 0 radical (unpaired) electrons. The highest BCUT2D eigenvalue weighted by Gasteiger charge is 2.19. The van der Waals surface area contributed by atoms with E-state index in [9.17, 15) is 9.59 Å². The summed E-state index contributed by atoms with van der Waals surface area (Å²) < 4.78 is 5.51. The lowest BCUT2D eigenvalue weighted by Gasteiger charge is -2.20. The molecule has 1 aromatic rings. The molecule has 0 aliphatic rings. The molecule has 1 atom stereocenters. The number of carbonyl (C=O) groups is 2. The molecule has 1 rings (SSSR count). The quantitative estimate of drug-likeness (QED) is 0.809. The van der Waals surface area contributed by atoms with Crippen molar-refractivity contribution in [2.75, 3.05) is 6.61 Å². The van der Waals surface area contributed by atoms with E-state index in [0.717, 1.165) is 11.1 Å². The highest BCUT2D eigenvalue weighted by molar-refractivity contribution is 5.79. The maximum absolute atomic E-state index is 11.9. The average molecular weight is 293 g/mol. The van der Waals surface area contributed by atoms with Gasteiger partial charge in [0.25, 0.3) is 5.91 Å². The molecule has 1 amide bonds. The highest BCUT2D eigenvalue weighted by atomic mass is 16.5. The minimum Gasteiger partial charge on any atom is -0.483 e. The fraction of sp³-hybridized carbons (Fsp3) is 0.500. The Balaban J connectivity index is 2.57. The molecule has 5 heteroatoms. The van der Waals surface area contributed by atoms with Crippen molar-refractivity contribution in [1.29, 1.82) is 0 Å². The van der Waals surface area contributed by atoms with Crippen molar-refractivity contribution in [2.45, 2.75) is 40.2 Å². The van der Waals surface area contributed by atoms with E-state index in [1.807, 2.05) is 45.9 Å². The zero-order valence-electron chi connectivity index (χ0n) is 13.0.